The molecule has 0 aromatic carbocycles. The molecule has 92 valence electrons. The van der Waals surface area contributed by atoms with E-state index in [0.717, 1.165) is 0 Å². The van der Waals surface area contributed by atoms with Crippen LogP contribution in [0.25, 0.3) is 0 Å². The normalized spacial score (nSPS) is 24.2. The number of aromatic nitrogens is 2. The summed E-state index contributed by atoms with van der Waals surface area (Å²) in [6.07, 6.45) is 2.40. The average molecular weight is 255 g/mol. The maximum atomic E-state index is 11.8. The Morgan fingerprint density at radius 3 is 2.47 bits per heavy atom. The van der Waals surface area contributed by atoms with Crippen LogP contribution in [-0.2, 0) is 9.59 Å². The van der Waals surface area contributed by atoms with Gasteiger partial charge in [0, 0.05) is 5.92 Å². The molecule has 0 aliphatic heterocycles. The lowest BCUT2D eigenvalue weighted by molar-refractivity contribution is -0.143. The molecule has 0 unspecified atom stereocenters. The zero-order chi connectivity index (χ0) is 12.3. The van der Waals surface area contributed by atoms with Gasteiger partial charge in [-0.05, 0) is 25.7 Å². The van der Waals surface area contributed by atoms with Gasteiger partial charge in [-0.25, -0.2) is 0 Å². The van der Waals surface area contributed by atoms with Crippen LogP contribution in [0.5, 0.6) is 0 Å². The van der Waals surface area contributed by atoms with E-state index in [1.54, 1.807) is 5.51 Å². The van der Waals surface area contributed by atoms with Crippen molar-refractivity contribution in [1.29, 1.82) is 0 Å². The number of hydrogen-bond donors (Lipinski definition) is 2. The van der Waals surface area contributed by atoms with Crippen molar-refractivity contribution in [3.63, 3.8) is 0 Å². The number of anilines is 1. The van der Waals surface area contributed by atoms with E-state index in [4.69, 9.17) is 5.11 Å². The molecule has 1 fully saturated rings. The summed E-state index contributed by atoms with van der Waals surface area (Å²) in [5, 5.41) is 19.4. The van der Waals surface area contributed by atoms with Crippen LogP contribution in [0, 0.1) is 11.8 Å². The SMILES string of the molecule is O=C(O)C1CCC(C(=O)Nc2nncs2)CC1. The minimum absolute atomic E-state index is 0.0782. The fourth-order valence-electron chi connectivity index (χ4n) is 2.04. The van der Waals surface area contributed by atoms with Gasteiger partial charge in [0.2, 0.25) is 11.0 Å². The molecular weight excluding hydrogens is 242 g/mol. The first-order chi connectivity index (χ1) is 8.16. The monoisotopic (exact) mass is 255 g/mol. The zero-order valence-corrected chi connectivity index (χ0v) is 9.94. The van der Waals surface area contributed by atoms with E-state index in [0.29, 0.717) is 30.8 Å². The predicted octanol–water partition coefficient (Wildman–Crippen LogP) is 1.37. The van der Waals surface area contributed by atoms with Gasteiger partial charge in [0.15, 0.2) is 0 Å². The molecule has 2 rings (SSSR count). The van der Waals surface area contributed by atoms with Gasteiger partial charge < -0.3 is 10.4 Å². The van der Waals surface area contributed by atoms with Gasteiger partial charge in [-0.15, -0.1) is 10.2 Å². The van der Waals surface area contributed by atoms with Crippen LogP contribution in [0.1, 0.15) is 25.7 Å². The highest BCUT2D eigenvalue weighted by atomic mass is 32.1. The maximum absolute atomic E-state index is 11.8. The molecule has 0 radical (unpaired) electrons. The van der Waals surface area contributed by atoms with Crippen molar-refractivity contribution in [3.8, 4) is 0 Å². The molecule has 0 saturated heterocycles. The molecule has 1 aliphatic carbocycles. The number of amides is 1. The molecular formula is C10H13N3O3S. The minimum Gasteiger partial charge on any atom is -0.481 e. The molecule has 7 heteroatoms. The van der Waals surface area contributed by atoms with Gasteiger partial charge in [-0.1, -0.05) is 11.3 Å². The Kier molecular flexibility index (Phi) is 3.68. The van der Waals surface area contributed by atoms with E-state index in [1.807, 2.05) is 0 Å². The standard InChI is InChI=1S/C10H13N3O3S/c14-8(12-10-13-11-5-17-10)6-1-3-7(4-2-6)9(15)16/h5-7H,1-4H2,(H,15,16)(H,12,13,14). The molecule has 1 heterocycles. The summed E-state index contributed by atoms with van der Waals surface area (Å²) >= 11 is 1.27. The van der Waals surface area contributed by atoms with Gasteiger partial charge >= 0.3 is 5.97 Å². The Morgan fingerprint density at radius 1 is 1.29 bits per heavy atom. The number of aliphatic carboxylic acids is 1. The number of hydrogen-bond acceptors (Lipinski definition) is 5. The van der Waals surface area contributed by atoms with Crippen LogP contribution in [0.2, 0.25) is 0 Å². The van der Waals surface area contributed by atoms with Crippen molar-refractivity contribution in [3.05, 3.63) is 5.51 Å². The summed E-state index contributed by atoms with van der Waals surface area (Å²) < 4.78 is 0. The first kappa shape index (κ1) is 12.0. The average Bonchev–Trinajstić information content (AvgIpc) is 2.82. The maximum Gasteiger partial charge on any atom is 0.306 e. The van der Waals surface area contributed by atoms with Crippen molar-refractivity contribution in [1.82, 2.24) is 10.2 Å². The van der Waals surface area contributed by atoms with Crippen LogP contribution in [-0.4, -0.2) is 27.2 Å². The highest BCUT2D eigenvalue weighted by Crippen LogP contribution is 2.29. The molecule has 2 N–H and O–H groups in total. The van der Waals surface area contributed by atoms with E-state index < -0.39 is 5.97 Å². The van der Waals surface area contributed by atoms with Crippen molar-refractivity contribution >= 4 is 28.3 Å². The fraction of sp³-hybridized carbons (Fsp3) is 0.600. The molecule has 1 aromatic rings. The van der Waals surface area contributed by atoms with Crippen LogP contribution in [0.15, 0.2) is 5.51 Å². The number of rotatable bonds is 3. The van der Waals surface area contributed by atoms with Gasteiger partial charge in [-0.3, -0.25) is 9.59 Å². The second-order valence-electron chi connectivity index (χ2n) is 4.12. The topological polar surface area (TPSA) is 92.2 Å². The third-order valence-corrected chi connectivity index (χ3v) is 3.64. The summed E-state index contributed by atoms with van der Waals surface area (Å²) in [6, 6.07) is 0. The second-order valence-corrected chi connectivity index (χ2v) is 4.95. The van der Waals surface area contributed by atoms with E-state index >= 15 is 0 Å². The minimum atomic E-state index is -0.756. The Labute approximate surface area is 102 Å². The van der Waals surface area contributed by atoms with Crippen molar-refractivity contribution in [2.45, 2.75) is 25.7 Å². The van der Waals surface area contributed by atoms with Crippen molar-refractivity contribution in [2.75, 3.05) is 5.32 Å². The lowest BCUT2D eigenvalue weighted by Crippen LogP contribution is -2.29. The molecule has 1 amide bonds. The second kappa shape index (κ2) is 5.22. The van der Waals surface area contributed by atoms with Crippen molar-refractivity contribution < 1.29 is 14.7 Å². The smallest absolute Gasteiger partial charge is 0.306 e. The van der Waals surface area contributed by atoms with E-state index in [9.17, 15) is 9.59 Å². The predicted molar refractivity (Wildman–Crippen MR) is 61.6 cm³/mol. The van der Waals surface area contributed by atoms with Crippen molar-refractivity contribution in [2.24, 2.45) is 11.8 Å². The lowest BCUT2D eigenvalue weighted by Gasteiger charge is -2.24. The first-order valence-corrected chi connectivity index (χ1v) is 6.34. The number of nitrogens with one attached hydrogen (secondary N) is 1. The highest BCUT2D eigenvalue weighted by Gasteiger charge is 2.29. The number of carbonyl (C=O) groups is 2. The molecule has 6 nitrogen and oxygen atoms in total. The Morgan fingerprint density at radius 2 is 1.94 bits per heavy atom. The molecule has 17 heavy (non-hydrogen) atoms. The lowest BCUT2D eigenvalue weighted by atomic mass is 9.81. The van der Waals surface area contributed by atoms with Crippen LogP contribution in [0.4, 0.5) is 5.13 Å². The third kappa shape index (κ3) is 3.00. The Bertz CT molecular complexity index is 399. The van der Waals surface area contributed by atoms with Crippen LogP contribution < -0.4 is 5.32 Å². The number of carboxylic acids is 1. The molecule has 0 bridgehead atoms. The Balaban J connectivity index is 1.84. The summed E-state index contributed by atoms with van der Waals surface area (Å²) in [5.74, 6) is -1.23. The van der Waals surface area contributed by atoms with E-state index in [1.165, 1.54) is 11.3 Å². The van der Waals surface area contributed by atoms with Crippen LogP contribution in [0.3, 0.4) is 0 Å². The Hall–Kier alpha value is -1.50. The number of carboxylic acid groups (broad SMARTS) is 1. The van der Waals surface area contributed by atoms with Crippen LogP contribution >= 0.6 is 11.3 Å². The molecule has 0 atom stereocenters. The summed E-state index contributed by atoms with van der Waals surface area (Å²) in [6.45, 7) is 0. The van der Waals surface area contributed by atoms with Gasteiger partial charge in [-0.2, -0.15) is 0 Å². The van der Waals surface area contributed by atoms with Gasteiger partial charge in [0.05, 0.1) is 5.92 Å². The molecule has 0 spiro atoms. The zero-order valence-electron chi connectivity index (χ0n) is 9.13. The summed E-state index contributed by atoms with van der Waals surface area (Å²) in [7, 11) is 0. The van der Waals surface area contributed by atoms with Gasteiger partial charge in [0.25, 0.3) is 0 Å². The quantitative estimate of drug-likeness (QED) is 0.851. The summed E-state index contributed by atoms with van der Waals surface area (Å²) in [4.78, 5) is 22.6. The molecule has 1 saturated carbocycles. The molecule has 1 aromatic heterocycles. The third-order valence-electron chi connectivity index (χ3n) is 3.04. The summed E-state index contributed by atoms with van der Waals surface area (Å²) in [5.41, 5.74) is 1.55. The van der Waals surface area contributed by atoms with E-state index in [2.05, 4.69) is 15.5 Å². The number of nitrogens with zero attached hydrogens (tertiary/aromatic N) is 2. The largest absolute Gasteiger partial charge is 0.481 e. The molecule has 1 aliphatic rings. The number of carbonyl (C=O) groups excluding carboxylic acids is 1. The highest BCUT2D eigenvalue weighted by molar-refractivity contribution is 7.13. The first-order valence-electron chi connectivity index (χ1n) is 5.46. The van der Waals surface area contributed by atoms with E-state index in [-0.39, 0.29) is 17.7 Å². The van der Waals surface area contributed by atoms with Gasteiger partial charge in [0.1, 0.15) is 5.51 Å². The fourth-order valence-corrected chi connectivity index (χ4v) is 2.49.